The third-order valence-corrected chi connectivity index (χ3v) is 5.53. The number of methoxy groups -OCH3 is 2. The number of hydrogen-bond donors (Lipinski definition) is 3. The molecule has 0 unspecified atom stereocenters. The SMILES string of the molecule is COc1cc(C=Cc2nc(NC(=O)CCN3CCOCC3)cc(Nc3cc(C)[nH]n3)n2)cc(OC)c1. The predicted octanol–water partition coefficient (Wildman–Crippen LogP) is 3.10. The van der Waals surface area contributed by atoms with Crippen LogP contribution in [0.4, 0.5) is 17.5 Å². The van der Waals surface area contributed by atoms with Crippen LogP contribution in [0.3, 0.4) is 0 Å². The number of aryl methyl sites for hydroxylation is 1. The molecule has 1 saturated heterocycles. The molecule has 1 aliphatic heterocycles. The summed E-state index contributed by atoms with van der Waals surface area (Å²) in [4.78, 5) is 23.9. The summed E-state index contributed by atoms with van der Waals surface area (Å²) in [6.45, 7) is 5.65. The lowest BCUT2D eigenvalue weighted by Crippen LogP contribution is -2.38. The van der Waals surface area contributed by atoms with E-state index in [-0.39, 0.29) is 5.91 Å². The molecule has 0 radical (unpaired) electrons. The van der Waals surface area contributed by atoms with Crippen molar-refractivity contribution in [3.63, 3.8) is 0 Å². The van der Waals surface area contributed by atoms with Crippen LogP contribution in [0, 0.1) is 6.92 Å². The molecule has 0 spiro atoms. The van der Waals surface area contributed by atoms with Crippen molar-refractivity contribution in [3.8, 4) is 11.5 Å². The first-order chi connectivity index (χ1) is 17.5. The smallest absolute Gasteiger partial charge is 0.226 e. The molecule has 1 fully saturated rings. The van der Waals surface area contributed by atoms with Crippen molar-refractivity contribution >= 4 is 35.5 Å². The van der Waals surface area contributed by atoms with E-state index in [1.807, 2.05) is 31.2 Å². The van der Waals surface area contributed by atoms with Crippen LogP contribution >= 0.6 is 0 Å². The molecule has 11 heteroatoms. The number of amides is 1. The molecule has 0 atom stereocenters. The number of nitrogens with one attached hydrogen (secondary N) is 3. The summed E-state index contributed by atoms with van der Waals surface area (Å²) >= 11 is 0. The number of anilines is 3. The first kappa shape index (κ1) is 25.1. The third-order valence-electron chi connectivity index (χ3n) is 5.53. The summed E-state index contributed by atoms with van der Waals surface area (Å²) in [6, 6.07) is 9.10. The lowest BCUT2D eigenvalue weighted by atomic mass is 10.2. The Morgan fingerprint density at radius 3 is 2.42 bits per heavy atom. The van der Waals surface area contributed by atoms with Crippen LogP contribution in [0.2, 0.25) is 0 Å². The molecule has 0 saturated carbocycles. The summed E-state index contributed by atoms with van der Waals surface area (Å²) < 4.78 is 16.1. The van der Waals surface area contributed by atoms with E-state index >= 15 is 0 Å². The van der Waals surface area contributed by atoms with Gasteiger partial charge < -0.3 is 24.8 Å². The Balaban J connectivity index is 1.52. The second-order valence-electron chi connectivity index (χ2n) is 8.29. The van der Waals surface area contributed by atoms with E-state index in [2.05, 4.69) is 35.7 Å². The van der Waals surface area contributed by atoms with E-state index in [1.165, 1.54) is 0 Å². The molecule has 4 rings (SSSR count). The van der Waals surface area contributed by atoms with Gasteiger partial charge in [-0.2, -0.15) is 5.10 Å². The van der Waals surface area contributed by atoms with E-state index in [0.717, 1.165) is 24.3 Å². The van der Waals surface area contributed by atoms with Crippen LogP contribution in [0.25, 0.3) is 12.2 Å². The molecule has 1 amide bonds. The molecule has 3 heterocycles. The van der Waals surface area contributed by atoms with Gasteiger partial charge in [0.15, 0.2) is 11.6 Å². The number of ether oxygens (including phenoxy) is 3. The van der Waals surface area contributed by atoms with Crippen molar-refractivity contribution in [2.24, 2.45) is 0 Å². The van der Waals surface area contributed by atoms with Gasteiger partial charge in [-0.15, -0.1) is 0 Å². The van der Waals surface area contributed by atoms with Crippen molar-refractivity contribution in [3.05, 3.63) is 47.4 Å². The van der Waals surface area contributed by atoms with Crippen molar-refractivity contribution in [2.45, 2.75) is 13.3 Å². The molecule has 3 aromatic rings. The fourth-order valence-corrected chi connectivity index (χ4v) is 3.67. The standard InChI is InChI=1S/C25H31N7O4/c1-17-12-24(31-30-17)28-22-16-23(29-25(33)6-7-32-8-10-36-11-9-32)27-21(26-22)5-4-18-13-19(34-2)15-20(14-18)35-3/h4-5,12-16H,6-11H2,1-3H3,(H3,26,27,28,29,30,31,33). The number of hydrogen-bond acceptors (Lipinski definition) is 9. The van der Waals surface area contributed by atoms with Crippen LogP contribution in [-0.4, -0.2) is 78.0 Å². The number of nitrogens with zero attached hydrogens (tertiary/aromatic N) is 4. The van der Waals surface area contributed by atoms with E-state index in [1.54, 1.807) is 32.4 Å². The molecule has 1 aromatic carbocycles. The van der Waals surface area contributed by atoms with E-state index < -0.39 is 0 Å². The molecule has 11 nitrogen and oxygen atoms in total. The van der Waals surface area contributed by atoms with Gasteiger partial charge in [-0.3, -0.25) is 14.8 Å². The highest BCUT2D eigenvalue weighted by molar-refractivity contribution is 5.90. The van der Waals surface area contributed by atoms with Crippen molar-refractivity contribution < 1.29 is 19.0 Å². The van der Waals surface area contributed by atoms with Gasteiger partial charge in [-0.05, 0) is 30.7 Å². The van der Waals surface area contributed by atoms with Crippen LogP contribution < -0.4 is 20.1 Å². The number of morpholine rings is 1. The summed E-state index contributed by atoms with van der Waals surface area (Å²) in [5, 5.41) is 13.1. The van der Waals surface area contributed by atoms with Gasteiger partial charge in [0.1, 0.15) is 23.1 Å². The zero-order chi connectivity index (χ0) is 25.3. The highest BCUT2D eigenvalue weighted by atomic mass is 16.5. The van der Waals surface area contributed by atoms with Gasteiger partial charge in [-0.1, -0.05) is 6.08 Å². The number of carbonyl (C=O) groups excluding carboxylic acids is 1. The minimum Gasteiger partial charge on any atom is -0.497 e. The second kappa shape index (κ2) is 12.1. The minimum absolute atomic E-state index is 0.116. The normalized spacial score (nSPS) is 14.1. The molecule has 1 aliphatic rings. The Hall–Kier alpha value is -3.96. The van der Waals surface area contributed by atoms with Crippen LogP contribution in [0.1, 0.15) is 23.5 Å². The number of aromatic amines is 1. The Morgan fingerprint density at radius 1 is 1.03 bits per heavy atom. The first-order valence-corrected chi connectivity index (χ1v) is 11.7. The number of carbonyl (C=O) groups is 1. The highest BCUT2D eigenvalue weighted by Crippen LogP contribution is 2.24. The van der Waals surface area contributed by atoms with Crippen molar-refractivity contribution in [1.29, 1.82) is 0 Å². The van der Waals surface area contributed by atoms with E-state index in [0.29, 0.717) is 61.0 Å². The fraction of sp³-hybridized carbons (Fsp3) is 0.360. The summed E-state index contributed by atoms with van der Waals surface area (Å²) in [5.41, 5.74) is 1.77. The monoisotopic (exact) mass is 493 g/mol. The quantitative estimate of drug-likeness (QED) is 0.390. The molecule has 2 aromatic heterocycles. The van der Waals surface area contributed by atoms with Crippen molar-refractivity contribution in [2.75, 3.05) is 57.7 Å². The van der Waals surface area contributed by atoms with Crippen LogP contribution in [-0.2, 0) is 9.53 Å². The maximum Gasteiger partial charge on any atom is 0.226 e. The first-order valence-electron chi connectivity index (χ1n) is 11.7. The van der Waals surface area contributed by atoms with Gasteiger partial charge in [0.05, 0.1) is 27.4 Å². The predicted molar refractivity (Wildman–Crippen MR) is 138 cm³/mol. The van der Waals surface area contributed by atoms with Gasteiger partial charge in [0, 0.05) is 49.9 Å². The number of benzene rings is 1. The summed E-state index contributed by atoms with van der Waals surface area (Å²) in [6.07, 6.45) is 3.98. The van der Waals surface area contributed by atoms with Crippen LogP contribution in [0.15, 0.2) is 30.3 Å². The highest BCUT2D eigenvalue weighted by Gasteiger charge is 2.13. The Kier molecular flexibility index (Phi) is 8.48. The summed E-state index contributed by atoms with van der Waals surface area (Å²) in [5.74, 6) is 3.16. The maximum absolute atomic E-state index is 12.6. The van der Waals surface area contributed by atoms with Gasteiger partial charge in [-0.25, -0.2) is 9.97 Å². The summed E-state index contributed by atoms with van der Waals surface area (Å²) in [7, 11) is 3.20. The molecule has 0 bridgehead atoms. The Morgan fingerprint density at radius 2 is 1.75 bits per heavy atom. The van der Waals surface area contributed by atoms with Gasteiger partial charge in [0.2, 0.25) is 5.91 Å². The molecule has 36 heavy (non-hydrogen) atoms. The molecule has 3 N–H and O–H groups in total. The average molecular weight is 494 g/mol. The maximum atomic E-state index is 12.6. The largest absolute Gasteiger partial charge is 0.497 e. The van der Waals surface area contributed by atoms with Gasteiger partial charge >= 0.3 is 0 Å². The van der Waals surface area contributed by atoms with E-state index in [4.69, 9.17) is 14.2 Å². The average Bonchev–Trinajstić information content (AvgIpc) is 3.30. The van der Waals surface area contributed by atoms with Crippen LogP contribution in [0.5, 0.6) is 11.5 Å². The third kappa shape index (κ3) is 7.27. The molecular formula is C25H31N7O4. The Bertz CT molecular complexity index is 1180. The topological polar surface area (TPSA) is 127 Å². The number of H-pyrrole nitrogens is 1. The fourth-order valence-electron chi connectivity index (χ4n) is 3.67. The second-order valence-corrected chi connectivity index (χ2v) is 8.29. The lowest BCUT2D eigenvalue weighted by molar-refractivity contribution is -0.116. The number of rotatable bonds is 10. The minimum atomic E-state index is -0.116. The zero-order valence-electron chi connectivity index (χ0n) is 20.7. The number of aromatic nitrogens is 4. The molecule has 190 valence electrons. The molecule has 0 aliphatic carbocycles. The molecular weight excluding hydrogens is 462 g/mol. The lowest BCUT2D eigenvalue weighted by Gasteiger charge is -2.26. The van der Waals surface area contributed by atoms with E-state index in [9.17, 15) is 4.79 Å². The van der Waals surface area contributed by atoms with Gasteiger partial charge in [0.25, 0.3) is 0 Å². The van der Waals surface area contributed by atoms with Crippen molar-refractivity contribution in [1.82, 2.24) is 25.1 Å². The zero-order valence-corrected chi connectivity index (χ0v) is 20.7. The Labute approximate surface area is 209 Å².